The van der Waals surface area contributed by atoms with E-state index >= 15 is 0 Å². The molecule has 136 valence electrons. The molecule has 1 saturated heterocycles. The summed E-state index contributed by atoms with van der Waals surface area (Å²) >= 11 is 0. The minimum atomic E-state index is -0.885. The highest BCUT2D eigenvalue weighted by Crippen LogP contribution is 2.46. The number of rotatable bonds is 5. The number of carbonyl (C=O) groups excluding carboxylic acids is 2. The normalized spacial score (nSPS) is 20.6. The average Bonchev–Trinajstić information content (AvgIpc) is 3.12. The molecule has 0 aromatic heterocycles. The van der Waals surface area contributed by atoms with E-state index in [1.165, 1.54) is 4.90 Å². The monoisotopic (exact) mass is 345 g/mol. The zero-order valence-corrected chi connectivity index (χ0v) is 15.3. The van der Waals surface area contributed by atoms with Crippen molar-refractivity contribution in [2.45, 2.75) is 59.0 Å². The highest BCUT2D eigenvalue weighted by molar-refractivity contribution is 6.06. The molecular weight excluding hydrogens is 318 g/mol. The Morgan fingerprint density at radius 3 is 2.48 bits per heavy atom. The van der Waals surface area contributed by atoms with Crippen molar-refractivity contribution in [3.05, 3.63) is 28.8 Å². The largest absolute Gasteiger partial charge is 0.490 e. The van der Waals surface area contributed by atoms with Crippen molar-refractivity contribution in [1.29, 1.82) is 0 Å². The van der Waals surface area contributed by atoms with Gasteiger partial charge in [-0.1, -0.05) is 25.0 Å². The quantitative estimate of drug-likeness (QED) is 0.833. The lowest BCUT2D eigenvalue weighted by atomic mass is 9.84. The highest BCUT2D eigenvalue weighted by atomic mass is 16.5. The lowest BCUT2D eigenvalue weighted by Gasteiger charge is -2.23. The molecule has 1 aromatic carbocycles. The number of β-amino-alcohol motifs (C(OH)–C–C–N with tert-alkyl or cyclic N) is 1. The summed E-state index contributed by atoms with van der Waals surface area (Å²) < 4.78 is 5.81. The van der Waals surface area contributed by atoms with Crippen molar-refractivity contribution in [1.82, 2.24) is 4.90 Å². The van der Waals surface area contributed by atoms with Gasteiger partial charge in [-0.25, -0.2) is 0 Å². The molecule has 0 radical (unpaired) electrons. The fourth-order valence-corrected chi connectivity index (χ4v) is 4.08. The van der Waals surface area contributed by atoms with Crippen LogP contribution in [0.1, 0.15) is 48.8 Å². The molecule has 25 heavy (non-hydrogen) atoms. The van der Waals surface area contributed by atoms with E-state index in [9.17, 15) is 14.7 Å². The zero-order valence-electron chi connectivity index (χ0n) is 15.3. The van der Waals surface area contributed by atoms with Gasteiger partial charge in [0.15, 0.2) is 0 Å². The molecule has 2 fully saturated rings. The van der Waals surface area contributed by atoms with Crippen molar-refractivity contribution < 1.29 is 19.4 Å². The number of aryl methyl sites for hydroxylation is 2. The van der Waals surface area contributed by atoms with E-state index < -0.39 is 11.5 Å². The Morgan fingerprint density at radius 2 is 1.80 bits per heavy atom. The number of likely N-dealkylation sites (tertiary alicyclic amines) is 1. The van der Waals surface area contributed by atoms with Crippen molar-refractivity contribution >= 4 is 11.8 Å². The van der Waals surface area contributed by atoms with Crippen LogP contribution in [0.25, 0.3) is 0 Å². The Labute approximate surface area is 149 Å². The van der Waals surface area contributed by atoms with Gasteiger partial charge in [0.1, 0.15) is 18.5 Å². The second kappa shape index (κ2) is 6.79. The van der Waals surface area contributed by atoms with Gasteiger partial charge in [0.05, 0.1) is 12.0 Å². The number of carbonyl (C=O) groups is 2. The predicted molar refractivity (Wildman–Crippen MR) is 94.4 cm³/mol. The molecule has 1 aromatic rings. The number of nitrogens with zero attached hydrogens (tertiary/aromatic N) is 1. The van der Waals surface area contributed by atoms with Crippen LogP contribution in [0.3, 0.4) is 0 Å². The van der Waals surface area contributed by atoms with Gasteiger partial charge in [-0.05, 0) is 50.3 Å². The first-order valence-electron chi connectivity index (χ1n) is 9.06. The summed E-state index contributed by atoms with van der Waals surface area (Å²) in [4.78, 5) is 26.2. The molecule has 1 atom stereocenters. The molecule has 5 heteroatoms. The first-order chi connectivity index (χ1) is 11.8. The lowest BCUT2D eigenvalue weighted by Crippen LogP contribution is -2.41. The van der Waals surface area contributed by atoms with E-state index in [1.54, 1.807) is 0 Å². The summed E-state index contributed by atoms with van der Waals surface area (Å²) in [6.07, 6.45) is 3.01. The summed E-state index contributed by atoms with van der Waals surface area (Å²) in [7, 11) is 0. The number of amides is 2. The minimum Gasteiger partial charge on any atom is -0.490 e. The molecule has 1 aliphatic carbocycles. The molecule has 1 N–H and O–H groups in total. The van der Waals surface area contributed by atoms with E-state index in [2.05, 4.69) is 0 Å². The number of hydrogen-bond acceptors (Lipinski definition) is 4. The summed E-state index contributed by atoms with van der Waals surface area (Å²) in [6.45, 7) is 6.05. The number of aliphatic hydroxyl groups is 1. The van der Waals surface area contributed by atoms with E-state index in [0.29, 0.717) is 6.42 Å². The van der Waals surface area contributed by atoms with Gasteiger partial charge < -0.3 is 9.84 Å². The van der Waals surface area contributed by atoms with E-state index in [4.69, 9.17) is 4.74 Å². The van der Waals surface area contributed by atoms with Gasteiger partial charge in [0, 0.05) is 6.42 Å². The average molecular weight is 345 g/mol. The van der Waals surface area contributed by atoms with E-state index in [1.807, 2.05) is 32.9 Å². The Morgan fingerprint density at radius 1 is 1.16 bits per heavy atom. The molecule has 0 bridgehead atoms. The van der Waals surface area contributed by atoms with Crippen LogP contribution in [0.2, 0.25) is 0 Å². The first-order valence-corrected chi connectivity index (χ1v) is 9.06. The summed E-state index contributed by atoms with van der Waals surface area (Å²) in [5.74, 6) is 0.510. The Kier molecular flexibility index (Phi) is 4.87. The molecule has 2 amide bonds. The van der Waals surface area contributed by atoms with Crippen molar-refractivity contribution in [2.75, 3.05) is 13.2 Å². The standard InChI is InChI=1S/C20H27NO4/c1-13-6-7-14(2)18(15(13)3)25-12-16(22)11-21-17(23)10-20(19(21)24)8-4-5-9-20/h6-7,16,22H,4-5,8-12H2,1-3H3. The number of imide groups is 1. The molecule has 1 heterocycles. The van der Waals surface area contributed by atoms with Crippen LogP contribution in [0.15, 0.2) is 12.1 Å². The maximum Gasteiger partial charge on any atom is 0.235 e. The number of aliphatic hydroxyl groups excluding tert-OH is 1. The third-order valence-corrected chi connectivity index (χ3v) is 5.74. The van der Waals surface area contributed by atoms with Crippen LogP contribution in [-0.4, -0.2) is 41.1 Å². The Bertz CT molecular complexity index is 691. The molecule has 1 aliphatic heterocycles. The lowest BCUT2D eigenvalue weighted by molar-refractivity contribution is -0.143. The van der Waals surface area contributed by atoms with Crippen LogP contribution < -0.4 is 4.74 Å². The molecular formula is C20H27NO4. The van der Waals surface area contributed by atoms with Crippen LogP contribution in [0.4, 0.5) is 0 Å². The minimum absolute atomic E-state index is 0.0172. The molecule has 1 unspecified atom stereocenters. The van der Waals surface area contributed by atoms with Crippen LogP contribution >= 0.6 is 0 Å². The van der Waals surface area contributed by atoms with Crippen molar-refractivity contribution in [3.63, 3.8) is 0 Å². The molecule has 5 nitrogen and oxygen atoms in total. The van der Waals surface area contributed by atoms with E-state index in [-0.39, 0.29) is 25.0 Å². The number of hydrogen-bond donors (Lipinski definition) is 1. The predicted octanol–water partition coefficient (Wildman–Crippen LogP) is 2.67. The summed E-state index contributed by atoms with van der Waals surface area (Å²) in [5.41, 5.74) is 2.70. The number of benzene rings is 1. The van der Waals surface area contributed by atoms with Crippen LogP contribution in [0.5, 0.6) is 5.75 Å². The third kappa shape index (κ3) is 3.30. The SMILES string of the molecule is Cc1ccc(C)c(OCC(O)CN2C(=O)CC3(CCCC3)C2=O)c1C. The maximum absolute atomic E-state index is 12.7. The van der Waals surface area contributed by atoms with Gasteiger partial charge in [-0.2, -0.15) is 0 Å². The fraction of sp³-hybridized carbons (Fsp3) is 0.600. The smallest absolute Gasteiger partial charge is 0.235 e. The van der Waals surface area contributed by atoms with Gasteiger partial charge in [0.25, 0.3) is 0 Å². The topological polar surface area (TPSA) is 66.8 Å². The Balaban J connectivity index is 1.62. The van der Waals surface area contributed by atoms with Gasteiger partial charge >= 0.3 is 0 Å². The second-order valence-electron chi connectivity index (χ2n) is 7.59. The summed E-state index contributed by atoms with van der Waals surface area (Å²) in [5, 5.41) is 10.3. The highest BCUT2D eigenvalue weighted by Gasteiger charge is 2.52. The van der Waals surface area contributed by atoms with Crippen LogP contribution in [-0.2, 0) is 9.59 Å². The second-order valence-corrected chi connectivity index (χ2v) is 7.59. The Hall–Kier alpha value is -1.88. The molecule has 3 rings (SSSR count). The first kappa shape index (κ1) is 17.9. The van der Waals surface area contributed by atoms with Crippen molar-refractivity contribution in [3.8, 4) is 5.75 Å². The molecule has 1 spiro atoms. The molecule has 1 saturated carbocycles. The van der Waals surface area contributed by atoms with Gasteiger partial charge in [0.2, 0.25) is 11.8 Å². The summed E-state index contributed by atoms with van der Waals surface area (Å²) in [6, 6.07) is 4.03. The fourth-order valence-electron chi connectivity index (χ4n) is 4.08. The van der Waals surface area contributed by atoms with Gasteiger partial charge in [-0.15, -0.1) is 0 Å². The van der Waals surface area contributed by atoms with Crippen molar-refractivity contribution in [2.24, 2.45) is 5.41 Å². The zero-order chi connectivity index (χ0) is 18.2. The third-order valence-electron chi connectivity index (χ3n) is 5.74. The molecule has 2 aliphatic rings. The van der Waals surface area contributed by atoms with E-state index in [0.717, 1.165) is 48.1 Å². The van der Waals surface area contributed by atoms with Gasteiger partial charge in [-0.3, -0.25) is 14.5 Å². The van der Waals surface area contributed by atoms with Crippen LogP contribution in [0, 0.1) is 26.2 Å². The maximum atomic E-state index is 12.7. The number of ether oxygens (including phenoxy) is 1.